The first-order valence-electron chi connectivity index (χ1n) is 7.81. The molecule has 0 fully saturated rings. The van der Waals surface area contributed by atoms with Gasteiger partial charge in [0.25, 0.3) is 5.91 Å². The van der Waals surface area contributed by atoms with Gasteiger partial charge in [-0.15, -0.1) is 11.3 Å². The minimum absolute atomic E-state index is 0.171. The maximum atomic E-state index is 12.3. The Morgan fingerprint density at radius 3 is 2.65 bits per heavy atom. The van der Waals surface area contributed by atoms with Crippen molar-refractivity contribution in [2.45, 2.75) is 0 Å². The van der Waals surface area contributed by atoms with Crippen molar-refractivity contribution in [2.75, 3.05) is 5.32 Å². The first-order chi connectivity index (χ1) is 12.7. The van der Waals surface area contributed by atoms with Gasteiger partial charge in [0.05, 0.1) is 5.69 Å². The number of thiocarbonyl (C=S) groups is 1. The minimum Gasteiger partial charge on any atom is -0.451 e. The van der Waals surface area contributed by atoms with Crippen molar-refractivity contribution in [1.82, 2.24) is 10.3 Å². The Bertz CT molecular complexity index is 1050. The highest BCUT2D eigenvalue weighted by Gasteiger charge is 2.14. The summed E-state index contributed by atoms with van der Waals surface area (Å²) in [5, 5.41) is 9.12. The SMILES string of the molecule is O=C(NC(=S)Nc1nc(-c2ccccc2)cs1)c1cc2ccccc2o1. The molecule has 26 heavy (non-hydrogen) atoms. The first-order valence-corrected chi connectivity index (χ1v) is 9.10. The fourth-order valence-corrected chi connectivity index (χ4v) is 3.44. The third-order valence-electron chi connectivity index (χ3n) is 3.67. The molecule has 0 saturated heterocycles. The number of nitrogens with one attached hydrogen (secondary N) is 2. The first kappa shape index (κ1) is 16.4. The fourth-order valence-electron chi connectivity index (χ4n) is 2.46. The number of rotatable bonds is 3. The number of carbonyl (C=O) groups is 1. The van der Waals surface area contributed by atoms with E-state index in [1.165, 1.54) is 11.3 Å². The average Bonchev–Trinajstić information content (AvgIpc) is 3.29. The van der Waals surface area contributed by atoms with Crippen LogP contribution in [0.5, 0.6) is 0 Å². The summed E-state index contributed by atoms with van der Waals surface area (Å²) >= 11 is 6.62. The predicted molar refractivity (Wildman–Crippen MR) is 107 cm³/mol. The number of anilines is 1. The molecular weight excluding hydrogens is 366 g/mol. The molecule has 4 rings (SSSR count). The molecule has 2 aromatic carbocycles. The predicted octanol–water partition coefficient (Wildman–Crippen LogP) is 4.68. The van der Waals surface area contributed by atoms with Crippen LogP contribution in [0.2, 0.25) is 0 Å². The van der Waals surface area contributed by atoms with E-state index in [4.69, 9.17) is 16.6 Å². The van der Waals surface area contributed by atoms with Crippen LogP contribution in [0, 0.1) is 0 Å². The summed E-state index contributed by atoms with van der Waals surface area (Å²) in [6, 6.07) is 19.0. The summed E-state index contributed by atoms with van der Waals surface area (Å²) in [5.41, 5.74) is 2.53. The molecule has 0 radical (unpaired) electrons. The Balaban J connectivity index is 1.42. The van der Waals surface area contributed by atoms with E-state index in [1.54, 1.807) is 6.07 Å². The summed E-state index contributed by atoms with van der Waals surface area (Å²) in [5.74, 6) is -0.196. The number of hydrogen-bond donors (Lipinski definition) is 2. The molecule has 0 spiro atoms. The van der Waals surface area contributed by atoms with Crippen LogP contribution in [-0.2, 0) is 0 Å². The number of fused-ring (bicyclic) bond motifs is 1. The van der Waals surface area contributed by atoms with Gasteiger partial charge >= 0.3 is 0 Å². The number of carbonyl (C=O) groups excluding carboxylic acids is 1. The molecule has 0 bridgehead atoms. The zero-order valence-electron chi connectivity index (χ0n) is 13.4. The van der Waals surface area contributed by atoms with E-state index in [0.29, 0.717) is 10.7 Å². The lowest BCUT2D eigenvalue weighted by Crippen LogP contribution is -2.33. The van der Waals surface area contributed by atoms with Crippen molar-refractivity contribution in [2.24, 2.45) is 0 Å². The number of furan rings is 1. The Morgan fingerprint density at radius 1 is 1.08 bits per heavy atom. The van der Waals surface area contributed by atoms with Gasteiger partial charge in [0.15, 0.2) is 16.0 Å². The minimum atomic E-state index is -0.404. The number of amides is 1. The van der Waals surface area contributed by atoms with Gasteiger partial charge in [-0.1, -0.05) is 48.5 Å². The Kier molecular flexibility index (Phi) is 4.47. The number of para-hydroxylation sites is 1. The van der Waals surface area contributed by atoms with Crippen molar-refractivity contribution < 1.29 is 9.21 Å². The number of nitrogens with zero attached hydrogens (tertiary/aromatic N) is 1. The van der Waals surface area contributed by atoms with Crippen LogP contribution in [0.3, 0.4) is 0 Å². The highest BCUT2D eigenvalue weighted by atomic mass is 32.1. The van der Waals surface area contributed by atoms with Crippen LogP contribution in [-0.4, -0.2) is 16.0 Å². The Morgan fingerprint density at radius 2 is 1.85 bits per heavy atom. The lowest BCUT2D eigenvalue weighted by molar-refractivity contribution is 0.0953. The zero-order valence-corrected chi connectivity index (χ0v) is 15.1. The molecular formula is C19H13N3O2S2. The third-order valence-corrected chi connectivity index (χ3v) is 4.63. The quantitative estimate of drug-likeness (QED) is 0.506. The largest absolute Gasteiger partial charge is 0.451 e. The van der Waals surface area contributed by atoms with Crippen LogP contribution >= 0.6 is 23.6 Å². The van der Waals surface area contributed by atoms with Crippen LogP contribution in [0.4, 0.5) is 5.13 Å². The topological polar surface area (TPSA) is 67.2 Å². The van der Waals surface area contributed by atoms with E-state index < -0.39 is 5.91 Å². The molecule has 5 nitrogen and oxygen atoms in total. The second-order valence-electron chi connectivity index (χ2n) is 5.46. The number of benzene rings is 2. The van der Waals surface area contributed by atoms with Gasteiger partial charge in [0.1, 0.15) is 5.58 Å². The normalized spacial score (nSPS) is 10.6. The standard InChI is InChI=1S/C19H13N3O2S2/c23-17(16-10-13-8-4-5-9-15(13)24-16)21-18(25)22-19-20-14(11-26-19)12-6-2-1-3-7-12/h1-11H,(H2,20,21,22,23,25). The van der Waals surface area contributed by atoms with Gasteiger partial charge in [0.2, 0.25) is 0 Å². The Hall–Kier alpha value is -3.03. The van der Waals surface area contributed by atoms with E-state index >= 15 is 0 Å². The lowest BCUT2D eigenvalue weighted by Gasteiger charge is -2.05. The monoisotopic (exact) mass is 379 g/mol. The zero-order chi connectivity index (χ0) is 17.9. The van der Waals surface area contributed by atoms with E-state index in [9.17, 15) is 4.79 Å². The fraction of sp³-hybridized carbons (Fsp3) is 0. The maximum Gasteiger partial charge on any atom is 0.293 e. The molecule has 0 saturated carbocycles. The molecule has 128 valence electrons. The van der Waals surface area contributed by atoms with Gasteiger partial charge < -0.3 is 9.73 Å². The van der Waals surface area contributed by atoms with Gasteiger partial charge in [-0.25, -0.2) is 4.98 Å². The van der Waals surface area contributed by atoms with Crippen molar-refractivity contribution in [3.05, 3.63) is 71.8 Å². The lowest BCUT2D eigenvalue weighted by atomic mass is 10.2. The summed E-state index contributed by atoms with van der Waals surface area (Å²) in [7, 11) is 0. The number of aromatic nitrogens is 1. The molecule has 0 unspecified atom stereocenters. The molecule has 0 atom stereocenters. The molecule has 1 amide bonds. The summed E-state index contributed by atoms with van der Waals surface area (Å²) in [6.45, 7) is 0. The van der Waals surface area contributed by atoms with Crippen molar-refractivity contribution in [3.8, 4) is 11.3 Å². The van der Waals surface area contributed by atoms with E-state index in [0.717, 1.165) is 16.6 Å². The molecule has 0 aliphatic heterocycles. The van der Waals surface area contributed by atoms with Crippen molar-refractivity contribution >= 4 is 50.7 Å². The van der Waals surface area contributed by atoms with Crippen LogP contribution in [0.1, 0.15) is 10.6 Å². The van der Waals surface area contributed by atoms with Gasteiger partial charge in [-0.05, 0) is 24.4 Å². The molecule has 0 aliphatic carbocycles. The van der Waals surface area contributed by atoms with Crippen molar-refractivity contribution in [3.63, 3.8) is 0 Å². The van der Waals surface area contributed by atoms with Crippen LogP contribution in [0.15, 0.2) is 70.5 Å². The maximum absolute atomic E-state index is 12.3. The number of hydrogen-bond acceptors (Lipinski definition) is 5. The molecule has 2 heterocycles. The smallest absolute Gasteiger partial charge is 0.293 e. The summed E-state index contributed by atoms with van der Waals surface area (Å²) in [4.78, 5) is 16.8. The molecule has 4 aromatic rings. The van der Waals surface area contributed by atoms with Crippen LogP contribution in [0.25, 0.3) is 22.2 Å². The average molecular weight is 379 g/mol. The summed E-state index contributed by atoms with van der Waals surface area (Å²) in [6.07, 6.45) is 0. The number of thiazole rings is 1. The highest BCUT2D eigenvalue weighted by Crippen LogP contribution is 2.24. The second kappa shape index (κ2) is 7.07. The summed E-state index contributed by atoms with van der Waals surface area (Å²) < 4.78 is 5.53. The van der Waals surface area contributed by atoms with E-state index in [-0.39, 0.29) is 10.9 Å². The van der Waals surface area contributed by atoms with E-state index in [1.807, 2.05) is 60.0 Å². The van der Waals surface area contributed by atoms with Crippen LogP contribution < -0.4 is 10.6 Å². The third kappa shape index (κ3) is 3.49. The molecule has 0 aliphatic rings. The highest BCUT2D eigenvalue weighted by molar-refractivity contribution is 7.80. The molecule has 2 N–H and O–H groups in total. The Labute approximate surface area is 158 Å². The molecule has 2 aromatic heterocycles. The van der Waals surface area contributed by atoms with E-state index in [2.05, 4.69) is 15.6 Å². The van der Waals surface area contributed by atoms with Gasteiger partial charge in [0, 0.05) is 16.3 Å². The van der Waals surface area contributed by atoms with Gasteiger partial charge in [-0.2, -0.15) is 0 Å². The molecule has 7 heteroatoms. The van der Waals surface area contributed by atoms with Gasteiger partial charge in [-0.3, -0.25) is 10.1 Å². The van der Waals surface area contributed by atoms with Crippen molar-refractivity contribution in [1.29, 1.82) is 0 Å². The second-order valence-corrected chi connectivity index (χ2v) is 6.73.